The number of para-hydroxylation sites is 1. The molecular formula is C9H7BrN4O2S. The van der Waals surface area contributed by atoms with Crippen molar-refractivity contribution < 1.29 is 8.42 Å². The van der Waals surface area contributed by atoms with Crippen LogP contribution in [0.5, 0.6) is 0 Å². The molecule has 6 nitrogen and oxygen atoms in total. The quantitative estimate of drug-likeness (QED) is 0.926. The second-order valence-electron chi connectivity index (χ2n) is 3.01. The molecule has 2 rings (SSSR count). The first-order chi connectivity index (χ1) is 8.09. The lowest BCUT2D eigenvalue weighted by Crippen LogP contribution is -2.16. The minimum atomic E-state index is -3.78. The normalized spacial score (nSPS) is 11.1. The number of nitrogens with zero attached hydrogens (tertiary/aromatic N) is 3. The van der Waals surface area contributed by atoms with E-state index < -0.39 is 10.0 Å². The maximum atomic E-state index is 11.9. The number of anilines is 1. The number of rotatable bonds is 3. The fourth-order valence-electron chi connectivity index (χ4n) is 1.10. The molecule has 8 heteroatoms. The van der Waals surface area contributed by atoms with Gasteiger partial charge in [-0.05, 0) is 28.1 Å². The van der Waals surface area contributed by atoms with Crippen LogP contribution in [-0.4, -0.2) is 23.4 Å². The van der Waals surface area contributed by atoms with E-state index in [0.717, 1.165) is 12.7 Å². The van der Waals surface area contributed by atoms with Crippen LogP contribution >= 0.6 is 15.9 Å². The molecule has 0 fully saturated rings. The fourth-order valence-corrected chi connectivity index (χ4v) is 2.55. The number of benzene rings is 1. The van der Waals surface area contributed by atoms with Crippen molar-refractivity contribution in [2.24, 2.45) is 0 Å². The van der Waals surface area contributed by atoms with Crippen LogP contribution in [0.15, 0.2) is 46.5 Å². The second-order valence-corrected chi connectivity index (χ2v) is 5.44. The molecule has 0 amide bonds. The van der Waals surface area contributed by atoms with E-state index in [1.165, 1.54) is 0 Å². The molecule has 0 saturated carbocycles. The van der Waals surface area contributed by atoms with Gasteiger partial charge in [0.15, 0.2) is 0 Å². The van der Waals surface area contributed by atoms with Crippen LogP contribution in [0.3, 0.4) is 0 Å². The highest BCUT2D eigenvalue weighted by molar-refractivity contribution is 9.10. The highest BCUT2D eigenvalue weighted by Crippen LogP contribution is 2.23. The summed E-state index contributed by atoms with van der Waals surface area (Å²) in [6, 6.07) is 6.86. The first-order valence-corrected chi connectivity index (χ1v) is 6.76. The van der Waals surface area contributed by atoms with Crippen molar-refractivity contribution in [1.29, 1.82) is 0 Å². The summed E-state index contributed by atoms with van der Waals surface area (Å²) >= 11 is 3.24. The van der Waals surface area contributed by atoms with Crippen molar-refractivity contribution in [3.05, 3.63) is 41.4 Å². The first kappa shape index (κ1) is 11.9. The van der Waals surface area contributed by atoms with Crippen molar-refractivity contribution in [2.45, 2.75) is 5.16 Å². The minimum Gasteiger partial charge on any atom is -0.276 e. The van der Waals surface area contributed by atoms with E-state index in [-0.39, 0.29) is 5.16 Å². The van der Waals surface area contributed by atoms with Gasteiger partial charge in [0.1, 0.15) is 12.7 Å². The average molecular weight is 315 g/mol. The van der Waals surface area contributed by atoms with Crippen LogP contribution in [0.2, 0.25) is 0 Å². The lowest BCUT2D eigenvalue weighted by Gasteiger charge is -2.07. The zero-order chi connectivity index (χ0) is 12.3. The van der Waals surface area contributed by atoms with Gasteiger partial charge in [0.2, 0.25) is 0 Å². The molecule has 17 heavy (non-hydrogen) atoms. The van der Waals surface area contributed by atoms with Gasteiger partial charge in [-0.1, -0.05) is 12.1 Å². The van der Waals surface area contributed by atoms with E-state index >= 15 is 0 Å². The van der Waals surface area contributed by atoms with Crippen LogP contribution in [0.25, 0.3) is 0 Å². The molecular weight excluding hydrogens is 308 g/mol. The molecule has 1 N–H and O–H groups in total. The Kier molecular flexibility index (Phi) is 3.34. The summed E-state index contributed by atoms with van der Waals surface area (Å²) in [7, 11) is -3.78. The van der Waals surface area contributed by atoms with E-state index in [4.69, 9.17) is 0 Å². The largest absolute Gasteiger partial charge is 0.297 e. The van der Waals surface area contributed by atoms with Gasteiger partial charge in [-0.2, -0.15) is 8.42 Å². The van der Waals surface area contributed by atoms with Crippen LogP contribution in [0.1, 0.15) is 0 Å². The number of sulfonamides is 1. The van der Waals surface area contributed by atoms with Gasteiger partial charge in [-0.15, -0.1) is 0 Å². The molecule has 0 atom stereocenters. The van der Waals surface area contributed by atoms with Gasteiger partial charge in [0.05, 0.1) is 5.69 Å². The van der Waals surface area contributed by atoms with E-state index in [0.29, 0.717) is 10.2 Å². The lowest BCUT2D eigenvalue weighted by molar-refractivity contribution is 0.591. The Morgan fingerprint density at radius 2 is 1.76 bits per heavy atom. The summed E-state index contributed by atoms with van der Waals surface area (Å²) in [4.78, 5) is 10.7. The molecule has 0 saturated heterocycles. The van der Waals surface area contributed by atoms with Gasteiger partial charge in [0, 0.05) is 4.47 Å². The third kappa shape index (κ3) is 2.77. The van der Waals surface area contributed by atoms with E-state index in [2.05, 4.69) is 35.6 Å². The Morgan fingerprint density at radius 1 is 1.12 bits per heavy atom. The van der Waals surface area contributed by atoms with E-state index in [9.17, 15) is 8.42 Å². The number of hydrogen-bond acceptors (Lipinski definition) is 5. The summed E-state index contributed by atoms with van der Waals surface area (Å²) in [5, 5.41) is -0.316. The number of aromatic nitrogens is 3. The van der Waals surface area contributed by atoms with Gasteiger partial charge in [-0.3, -0.25) is 4.72 Å². The molecule has 0 bridgehead atoms. The summed E-state index contributed by atoms with van der Waals surface area (Å²) in [6.45, 7) is 0. The maximum absolute atomic E-state index is 11.9. The monoisotopic (exact) mass is 314 g/mol. The Bertz CT molecular complexity index is 618. The minimum absolute atomic E-state index is 0.316. The van der Waals surface area contributed by atoms with Gasteiger partial charge in [-0.25, -0.2) is 15.0 Å². The highest BCUT2D eigenvalue weighted by atomic mass is 79.9. The molecule has 0 spiro atoms. The zero-order valence-electron chi connectivity index (χ0n) is 8.41. The maximum Gasteiger partial charge on any atom is 0.297 e. The molecule has 0 aliphatic carbocycles. The number of hydrogen-bond donors (Lipinski definition) is 1. The second kappa shape index (κ2) is 4.76. The van der Waals surface area contributed by atoms with Crippen LogP contribution in [0, 0.1) is 0 Å². The third-order valence-electron chi connectivity index (χ3n) is 1.83. The summed E-state index contributed by atoms with van der Waals surface area (Å²) in [5.74, 6) is 0. The summed E-state index contributed by atoms with van der Waals surface area (Å²) in [5.41, 5.74) is 0.424. The summed E-state index contributed by atoms with van der Waals surface area (Å²) < 4.78 is 26.8. The van der Waals surface area contributed by atoms with Crippen molar-refractivity contribution >= 4 is 31.6 Å². The Labute approximate surface area is 106 Å². The smallest absolute Gasteiger partial charge is 0.276 e. The topological polar surface area (TPSA) is 84.8 Å². The van der Waals surface area contributed by atoms with Gasteiger partial charge >= 0.3 is 0 Å². The summed E-state index contributed by atoms with van der Waals surface area (Å²) in [6.07, 6.45) is 2.25. The van der Waals surface area contributed by atoms with E-state index in [1.807, 2.05) is 0 Å². The highest BCUT2D eigenvalue weighted by Gasteiger charge is 2.18. The number of halogens is 1. The van der Waals surface area contributed by atoms with Crippen molar-refractivity contribution in [3.63, 3.8) is 0 Å². The van der Waals surface area contributed by atoms with Gasteiger partial charge in [0.25, 0.3) is 15.2 Å². The average Bonchev–Trinajstić information content (AvgIpc) is 2.33. The Hall–Kier alpha value is -1.54. The predicted molar refractivity (Wildman–Crippen MR) is 64.8 cm³/mol. The molecule has 88 valence electrons. The van der Waals surface area contributed by atoms with Crippen LogP contribution in [-0.2, 0) is 10.0 Å². The third-order valence-corrected chi connectivity index (χ3v) is 3.70. The van der Waals surface area contributed by atoms with Crippen LogP contribution < -0.4 is 4.72 Å². The molecule has 1 aromatic carbocycles. The Balaban J connectivity index is 2.34. The standard InChI is InChI=1S/C9H7BrN4O2S/c10-7-3-1-2-4-8(7)14-17(15,16)9-12-5-11-6-13-9/h1-6,14H. The first-order valence-electron chi connectivity index (χ1n) is 4.49. The van der Waals surface area contributed by atoms with Crippen molar-refractivity contribution in [2.75, 3.05) is 4.72 Å². The molecule has 1 aromatic heterocycles. The molecule has 0 unspecified atom stereocenters. The zero-order valence-corrected chi connectivity index (χ0v) is 10.8. The van der Waals surface area contributed by atoms with Crippen LogP contribution in [0.4, 0.5) is 5.69 Å². The predicted octanol–water partition coefficient (Wildman–Crippen LogP) is 1.43. The molecule has 0 radical (unpaired) electrons. The van der Waals surface area contributed by atoms with Gasteiger partial charge < -0.3 is 0 Å². The fraction of sp³-hybridized carbons (Fsp3) is 0. The molecule has 0 aliphatic heterocycles. The van der Waals surface area contributed by atoms with E-state index in [1.54, 1.807) is 24.3 Å². The SMILES string of the molecule is O=S(=O)(Nc1ccccc1Br)c1ncncn1. The van der Waals surface area contributed by atoms with Crippen molar-refractivity contribution in [1.82, 2.24) is 15.0 Å². The number of nitrogens with one attached hydrogen (secondary N) is 1. The molecule has 2 aromatic rings. The molecule has 0 aliphatic rings. The van der Waals surface area contributed by atoms with Crippen molar-refractivity contribution in [3.8, 4) is 0 Å². The Morgan fingerprint density at radius 3 is 2.41 bits per heavy atom. The lowest BCUT2D eigenvalue weighted by atomic mass is 10.3. The molecule has 1 heterocycles.